The maximum atomic E-state index is 6.50. The second-order valence-electron chi connectivity index (χ2n) is 6.57. The van der Waals surface area contributed by atoms with E-state index in [1.165, 1.54) is 11.3 Å². The molecule has 4 nitrogen and oxygen atoms in total. The van der Waals surface area contributed by atoms with Crippen molar-refractivity contribution in [1.29, 1.82) is 0 Å². The number of hydrogen-bond acceptors (Lipinski definition) is 4. The molecule has 0 spiro atoms. The van der Waals surface area contributed by atoms with Gasteiger partial charge in [-0.15, -0.1) is 0 Å². The van der Waals surface area contributed by atoms with Gasteiger partial charge in [0.1, 0.15) is 5.75 Å². The number of fused-ring (bicyclic) bond motifs is 1. The predicted molar refractivity (Wildman–Crippen MR) is 114 cm³/mol. The van der Waals surface area contributed by atoms with Crippen LogP contribution in [0.2, 0.25) is 0 Å². The van der Waals surface area contributed by atoms with Gasteiger partial charge in [0.05, 0.1) is 11.4 Å². The zero-order valence-electron chi connectivity index (χ0n) is 16.9. The van der Waals surface area contributed by atoms with Crippen molar-refractivity contribution >= 4 is 11.8 Å². The number of anilines is 1. The molecular weight excluding hydrogens is 334 g/mol. The van der Waals surface area contributed by atoms with Crippen LogP contribution in [0.3, 0.4) is 0 Å². The Bertz CT molecular complexity index is 751. The number of para-hydroxylation sites is 2. The topological polar surface area (TPSA) is 19.0 Å². The monoisotopic (exact) mass is 365 g/mol. The highest BCUT2D eigenvalue weighted by atomic mass is 16.5. The molecule has 1 unspecified atom stereocenters. The molecule has 2 aromatic rings. The van der Waals surface area contributed by atoms with E-state index in [9.17, 15) is 0 Å². The van der Waals surface area contributed by atoms with E-state index in [1.54, 1.807) is 0 Å². The van der Waals surface area contributed by atoms with Crippen LogP contribution in [0.1, 0.15) is 33.3 Å². The van der Waals surface area contributed by atoms with Crippen molar-refractivity contribution in [1.82, 2.24) is 9.91 Å². The van der Waals surface area contributed by atoms with E-state index in [-0.39, 0.29) is 6.23 Å². The molecule has 0 aromatic heterocycles. The van der Waals surface area contributed by atoms with Gasteiger partial charge < -0.3 is 9.64 Å². The van der Waals surface area contributed by atoms with E-state index < -0.39 is 0 Å². The summed E-state index contributed by atoms with van der Waals surface area (Å²) in [7, 11) is 0. The van der Waals surface area contributed by atoms with Crippen molar-refractivity contribution in [2.45, 2.75) is 33.9 Å². The van der Waals surface area contributed by atoms with Gasteiger partial charge in [-0.25, -0.2) is 5.01 Å². The number of hydrogen-bond donors (Lipinski definition) is 0. The maximum Gasteiger partial charge on any atom is 0.227 e. The van der Waals surface area contributed by atoms with Crippen molar-refractivity contribution in [2.75, 3.05) is 31.2 Å². The SMILES string of the molecule is CCN(CC)C(=Cc1ccccc1)C1Oc2ccccc2N1N(CC)CC. The van der Waals surface area contributed by atoms with E-state index in [4.69, 9.17) is 4.74 Å². The minimum Gasteiger partial charge on any atom is -0.461 e. The zero-order valence-corrected chi connectivity index (χ0v) is 16.9. The molecule has 4 heteroatoms. The molecule has 0 N–H and O–H groups in total. The average Bonchev–Trinajstić information content (AvgIpc) is 3.09. The summed E-state index contributed by atoms with van der Waals surface area (Å²) in [5.41, 5.74) is 3.52. The second kappa shape index (κ2) is 8.96. The van der Waals surface area contributed by atoms with Crippen LogP contribution < -0.4 is 9.75 Å². The first kappa shape index (κ1) is 19.3. The van der Waals surface area contributed by atoms with Gasteiger partial charge in [0.2, 0.25) is 6.23 Å². The Labute approximate surface area is 163 Å². The highest BCUT2D eigenvalue weighted by Gasteiger charge is 2.38. The molecule has 1 aliphatic rings. The van der Waals surface area contributed by atoms with Crippen LogP contribution in [-0.4, -0.2) is 42.3 Å². The van der Waals surface area contributed by atoms with Gasteiger partial charge in [0.25, 0.3) is 0 Å². The molecule has 1 aliphatic heterocycles. The van der Waals surface area contributed by atoms with Crippen molar-refractivity contribution in [2.24, 2.45) is 0 Å². The first-order chi connectivity index (χ1) is 13.2. The molecule has 1 heterocycles. The minimum atomic E-state index is -0.164. The molecule has 0 bridgehead atoms. The van der Waals surface area contributed by atoms with Gasteiger partial charge >= 0.3 is 0 Å². The highest BCUT2D eigenvalue weighted by Crippen LogP contribution is 2.41. The van der Waals surface area contributed by atoms with E-state index in [1.807, 2.05) is 6.07 Å². The van der Waals surface area contributed by atoms with Gasteiger partial charge in [0, 0.05) is 26.2 Å². The fourth-order valence-electron chi connectivity index (χ4n) is 3.68. The van der Waals surface area contributed by atoms with Crippen LogP contribution in [0.4, 0.5) is 5.69 Å². The Morgan fingerprint density at radius 3 is 2.15 bits per heavy atom. The zero-order chi connectivity index (χ0) is 19.2. The maximum absolute atomic E-state index is 6.50. The molecule has 0 saturated heterocycles. The summed E-state index contributed by atoms with van der Waals surface area (Å²) in [4.78, 5) is 2.39. The summed E-state index contributed by atoms with van der Waals surface area (Å²) in [6, 6.07) is 18.8. The van der Waals surface area contributed by atoms with Crippen molar-refractivity contribution in [3.8, 4) is 5.75 Å². The summed E-state index contributed by atoms with van der Waals surface area (Å²) in [6.45, 7) is 12.5. The summed E-state index contributed by atoms with van der Waals surface area (Å²) < 4.78 is 6.50. The van der Waals surface area contributed by atoms with Gasteiger partial charge in [-0.2, -0.15) is 0 Å². The van der Waals surface area contributed by atoms with Crippen molar-refractivity contribution in [3.05, 3.63) is 65.9 Å². The molecule has 3 rings (SSSR count). The van der Waals surface area contributed by atoms with E-state index in [0.717, 1.165) is 37.6 Å². The first-order valence-corrected chi connectivity index (χ1v) is 10.0. The molecule has 144 valence electrons. The van der Waals surface area contributed by atoms with Crippen molar-refractivity contribution < 1.29 is 4.74 Å². The molecular formula is C23H31N3O. The smallest absolute Gasteiger partial charge is 0.227 e. The average molecular weight is 366 g/mol. The Hall–Kier alpha value is -2.46. The van der Waals surface area contributed by atoms with Crippen LogP contribution in [0.5, 0.6) is 5.75 Å². The lowest BCUT2D eigenvalue weighted by molar-refractivity contribution is 0.139. The Kier molecular flexibility index (Phi) is 6.40. The number of ether oxygens (including phenoxy) is 1. The van der Waals surface area contributed by atoms with E-state index in [2.05, 4.69) is 97.2 Å². The summed E-state index contributed by atoms with van der Waals surface area (Å²) >= 11 is 0. The predicted octanol–water partition coefficient (Wildman–Crippen LogP) is 4.85. The Morgan fingerprint density at radius 1 is 0.889 bits per heavy atom. The third-order valence-corrected chi connectivity index (χ3v) is 5.10. The van der Waals surface area contributed by atoms with Crippen LogP contribution in [0.25, 0.3) is 6.08 Å². The molecule has 1 atom stereocenters. The lowest BCUT2D eigenvalue weighted by Crippen LogP contribution is -2.51. The summed E-state index contributed by atoms with van der Waals surface area (Å²) in [5, 5.41) is 4.67. The second-order valence-corrected chi connectivity index (χ2v) is 6.57. The molecule has 27 heavy (non-hydrogen) atoms. The fraction of sp³-hybridized carbons (Fsp3) is 0.391. The molecule has 0 amide bonds. The molecule has 0 aliphatic carbocycles. The quantitative estimate of drug-likeness (QED) is 0.665. The third kappa shape index (κ3) is 3.96. The van der Waals surface area contributed by atoms with E-state index in [0.29, 0.717) is 0 Å². The normalized spacial score (nSPS) is 16.4. The van der Waals surface area contributed by atoms with Crippen LogP contribution in [0.15, 0.2) is 60.3 Å². The van der Waals surface area contributed by atoms with Gasteiger partial charge in [-0.1, -0.05) is 56.3 Å². The van der Waals surface area contributed by atoms with Crippen LogP contribution >= 0.6 is 0 Å². The Morgan fingerprint density at radius 2 is 1.52 bits per heavy atom. The van der Waals surface area contributed by atoms with Gasteiger partial charge in [-0.05, 0) is 37.6 Å². The molecule has 0 saturated carbocycles. The number of hydrazine groups is 1. The standard InChI is InChI=1S/C23H31N3O/c1-5-24(6-2)21(18-19-14-10-9-11-15-19)23-26(25(7-3)8-4)20-16-12-13-17-22(20)27-23/h9-18,23H,5-8H2,1-4H3. The van der Waals surface area contributed by atoms with Gasteiger partial charge in [0.15, 0.2) is 0 Å². The highest BCUT2D eigenvalue weighted by molar-refractivity contribution is 5.65. The van der Waals surface area contributed by atoms with Crippen LogP contribution in [-0.2, 0) is 0 Å². The van der Waals surface area contributed by atoms with E-state index >= 15 is 0 Å². The number of rotatable bonds is 8. The number of nitrogens with zero attached hydrogens (tertiary/aromatic N) is 3. The first-order valence-electron chi connectivity index (χ1n) is 10.0. The lowest BCUT2D eigenvalue weighted by Gasteiger charge is -2.39. The molecule has 2 aromatic carbocycles. The number of benzene rings is 2. The Balaban J connectivity index is 2.08. The van der Waals surface area contributed by atoms with Crippen molar-refractivity contribution in [3.63, 3.8) is 0 Å². The van der Waals surface area contributed by atoms with Crippen LogP contribution in [0, 0.1) is 0 Å². The number of likely N-dealkylation sites (N-methyl/N-ethyl adjacent to an activating group) is 1. The summed E-state index contributed by atoms with van der Waals surface area (Å²) in [6.07, 6.45) is 2.10. The van der Waals surface area contributed by atoms with Gasteiger partial charge in [-0.3, -0.25) is 5.01 Å². The minimum absolute atomic E-state index is 0.164. The molecule has 0 fully saturated rings. The lowest BCUT2D eigenvalue weighted by atomic mass is 10.1. The molecule has 0 radical (unpaired) electrons. The third-order valence-electron chi connectivity index (χ3n) is 5.10. The largest absolute Gasteiger partial charge is 0.461 e. The summed E-state index contributed by atoms with van der Waals surface area (Å²) in [5.74, 6) is 0.945. The fourth-order valence-corrected chi connectivity index (χ4v) is 3.68.